The van der Waals surface area contributed by atoms with Crippen LogP contribution in [-0.4, -0.2) is 0 Å². The zero-order valence-corrected chi connectivity index (χ0v) is 14.5. The summed E-state index contributed by atoms with van der Waals surface area (Å²) in [4.78, 5) is 0. The molecular formula is C13H30Hf. The van der Waals surface area contributed by atoms with E-state index in [1.807, 2.05) is 20.8 Å². The van der Waals surface area contributed by atoms with Gasteiger partial charge in [-0.1, -0.05) is 34.1 Å². The van der Waals surface area contributed by atoms with E-state index in [1.165, 1.54) is 6.42 Å². The molecule has 0 amide bonds. The maximum Gasteiger partial charge on any atom is 4.00 e. The van der Waals surface area contributed by atoms with Gasteiger partial charge < -0.3 is 27.7 Å². The minimum Gasteiger partial charge on any atom is -0.344 e. The van der Waals surface area contributed by atoms with Gasteiger partial charge in [0.15, 0.2) is 0 Å². The molecule has 0 aromatic heterocycles. The van der Waals surface area contributed by atoms with Gasteiger partial charge in [0.2, 0.25) is 0 Å². The fourth-order valence-corrected chi connectivity index (χ4v) is 0. The maximum atomic E-state index is 3.60. The van der Waals surface area contributed by atoms with Crippen LogP contribution in [0, 0.1) is 27.7 Å². The molecule has 0 saturated carbocycles. The average Bonchev–Trinajstić information content (AvgIpc) is 2.08. The van der Waals surface area contributed by atoms with Crippen LogP contribution in [0.25, 0.3) is 0 Å². The Hall–Kier alpha value is 0.870. The number of hydrogen-bond donors (Lipinski definition) is 0. The summed E-state index contributed by atoms with van der Waals surface area (Å²) in [5, 5.41) is 0. The first-order valence-electron chi connectivity index (χ1n) is 5.33. The van der Waals surface area contributed by atoms with Crippen LogP contribution in [0.5, 0.6) is 0 Å². The topological polar surface area (TPSA) is 0 Å². The second-order valence-corrected chi connectivity index (χ2v) is 2.35. The molecule has 0 atom stereocenters. The molecular weight excluding hydrogens is 335 g/mol. The third-order valence-corrected chi connectivity index (χ3v) is 0.354. The molecule has 0 spiro atoms. The molecule has 0 fully saturated rings. The molecule has 86 valence electrons. The van der Waals surface area contributed by atoms with Gasteiger partial charge in [0, 0.05) is 0 Å². The van der Waals surface area contributed by atoms with Crippen molar-refractivity contribution in [1.29, 1.82) is 0 Å². The molecule has 0 heterocycles. The monoisotopic (exact) mass is 366 g/mol. The van der Waals surface area contributed by atoms with Crippen molar-refractivity contribution >= 4 is 0 Å². The van der Waals surface area contributed by atoms with Crippen LogP contribution in [0.15, 0.2) is 0 Å². The summed E-state index contributed by atoms with van der Waals surface area (Å²) in [6.45, 7) is 22.2. The van der Waals surface area contributed by atoms with E-state index in [0.29, 0.717) is 0 Å². The van der Waals surface area contributed by atoms with Crippen molar-refractivity contribution in [2.24, 2.45) is 0 Å². The van der Waals surface area contributed by atoms with Gasteiger partial charge in [0.1, 0.15) is 0 Å². The Labute approximate surface area is 113 Å². The second kappa shape index (κ2) is 66.7. The molecule has 0 radical (unpaired) electrons. The van der Waals surface area contributed by atoms with Crippen molar-refractivity contribution in [2.45, 2.75) is 59.8 Å². The van der Waals surface area contributed by atoms with E-state index in [4.69, 9.17) is 0 Å². The summed E-state index contributed by atoms with van der Waals surface area (Å²) < 4.78 is 0. The Balaban J connectivity index is -0.0000000254. The third-order valence-electron chi connectivity index (χ3n) is 0.354. The van der Waals surface area contributed by atoms with Gasteiger partial charge in [0.05, 0.1) is 0 Å². The minimum atomic E-state index is 0. The average molecular weight is 365 g/mol. The van der Waals surface area contributed by atoms with E-state index in [0.717, 1.165) is 25.7 Å². The third kappa shape index (κ3) is 519. The molecule has 0 aliphatic heterocycles. The molecule has 0 aliphatic rings. The first-order valence-corrected chi connectivity index (χ1v) is 5.33. The fraction of sp³-hybridized carbons (Fsp3) is 0.692. The molecule has 1 heteroatoms. The van der Waals surface area contributed by atoms with Crippen molar-refractivity contribution in [2.75, 3.05) is 0 Å². The Morgan fingerprint density at radius 2 is 0.714 bits per heavy atom. The van der Waals surface area contributed by atoms with Gasteiger partial charge in [-0.2, -0.15) is 25.7 Å². The van der Waals surface area contributed by atoms with Gasteiger partial charge in [-0.25, -0.2) is 0 Å². The van der Waals surface area contributed by atoms with Gasteiger partial charge in [-0.05, 0) is 0 Å². The smallest absolute Gasteiger partial charge is 0.344 e. The second-order valence-electron chi connectivity index (χ2n) is 2.35. The summed E-state index contributed by atoms with van der Waals surface area (Å²) in [5.74, 6) is 0. The van der Waals surface area contributed by atoms with Crippen molar-refractivity contribution in [3.05, 3.63) is 27.7 Å². The molecule has 14 heavy (non-hydrogen) atoms. The zero-order chi connectivity index (χ0) is 11.5. The zero-order valence-electron chi connectivity index (χ0n) is 10.9. The van der Waals surface area contributed by atoms with E-state index in [-0.39, 0.29) is 25.8 Å². The Bertz CT molecular complexity index is 21.7. The first-order chi connectivity index (χ1) is 6.16. The minimum absolute atomic E-state index is 0. The standard InChI is InChI=1S/C4H9.3C3H7.Hf/c1-3-4-2;3*1-3-2;/h1,3-4H2,2H3;3*1,3H2,2H3;/q4*-1;+4. The quantitative estimate of drug-likeness (QED) is 0.437. The summed E-state index contributed by atoms with van der Waals surface area (Å²) in [7, 11) is 0. The number of rotatable bonds is 1. The van der Waals surface area contributed by atoms with Gasteiger partial charge in [-0.15, -0.1) is 0 Å². The summed E-state index contributed by atoms with van der Waals surface area (Å²) in [6.07, 6.45) is 5.28. The molecule has 0 nitrogen and oxygen atoms in total. The van der Waals surface area contributed by atoms with Crippen LogP contribution >= 0.6 is 0 Å². The summed E-state index contributed by atoms with van der Waals surface area (Å²) in [5.41, 5.74) is 0. The molecule has 0 aromatic carbocycles. The molecule has 0 aliphatic carbocycles. The van der Waals surface area contributed by atoms with E-state index >= 15 is 0 Å². The summed E-state index contributed by atoms with van der Waals surface area (Å²) in [6, 6.07) is 0. The molecule has 0 rings (SSSR count). The predicted octanol–water partition coefficient (Wildman–Crippen LogP) is 5.31. The van der Waals surface area contributed by atoms with Crippen molar-refractivity contribution in [1.82, 2.24) is 0 Å². The Morgan fingerprint density at radius 1 is 0.643 bits per heavy atom. The van der Waals surface area contributed by atoms with Gasteiger partial charge >= 0.3 is 25.8 Å². The van der Waals surface area contributed by atoms with E-state index in [9.17, 15) is 0 Å². The van der Waals surface area contributed by atoms with Crippen molar-refractivity contribution in [3.63, 3.8) is 0 Å². The number of hydrogen-bond acceptors (Lipinski definition) is 0. The van der Waals surface area contributed by atoms with Crippen LogP contribution in [0.4, 0.5) is 0 Å². The van der Waals surface area contributed by atoms with Crippen LogP contribution in [0.2, 0.25) is 0 Å². The Morgan fingerprint density at radius 3 is 0.714 bits per heavy atom. The van der Waals surface area contributed by atoms with E-state index < -0.39 is 0 Å². The van der Waals surface area contributed by atoms with E-state index in [2.05, 4.69) is 34.6 Å². The molecule has 0 saturated heterocycles. The van der Waals surface area contributed by atoms with Crippen molar-refractivity contribution in [3.8, 4) is 0 Å². The van der Waals surface area contributed by atoms with E-state index in [1.54, 1.807) is 0 Å². The molecule has 0 aromatic rings. The first kappa shape index (κ1) is 29.4. The summed E-state index contributed by atoms with van der Waals surface area (Å²) >= 11 is 0. The predicted molar refractivity (Wildman–Crippen MR) is 67.2 cm³/mol. The fourth-order valence-electron chi connectivity index (χ4n) is 0. The van der Waals surface area contributed by atoms with Crippen molar-refractivity contribution < 1.29 is 25.8 Å². The van der Waals surface area contributed by atoms with Crippen LogP contribution in [0.1, 0.15) is 59.8 Å². The largest absolute Gasteiger partial charge is 4.00 e. The SMILES string of the molecule is [CH2-]CC.[CH2-]CC.[CH2-]CC.[CH2-]CCC.[Hf+4]. The molecule has 0 unspecified atom stereocenters. The van der Waals surface area contributed by atoms with Crippen LogP contribution in [0.3, 0.4) is 0 Å². The molecule has 0 N–H and O–H groups in total. The molecule has 0 bridgehead atoms. The van der Waals surface area contributed by atoms with Crippen LogP contribution < -0.4 is 0 Å². The van der Waals surface area contributed by atoms with Crippen LogP contribution in [-0.2, 0) is 25.8 Å². The normalized spacial score (nSPS) is 6.00. The Kier molecular flexibility index (Phi) is 140. The van der Waals surface area contributed by atoms with Gasteiger partial charge in [-0.3, -0.25) is 0 Å². The number of unbranched alkanes of at least 4 members (excludes halogenated alkanes) is 1. The van der Waals surface area contributed by atoms with Gasteiger partial charge in [0.25, 0.3) is 0 Å². The maximum absolute atomic E-state index is 3.60.